The third-order valence-corrected chi connectivity index (χ3v) is 6.96. The van der Waals surface area contributed by atoms with Crippen LogP contribution in [-0.2, 0) is 29.4 Å². The van der Waals surface area contributed by atoms with Crippen LogP contribution >= 0.6 is 0 Å². The van der Waals surface area contributed by atoms with E-state index in [0.29, 0.717) is 25.0 Å². The van der Waals surface area contributed by atoms with E-state index in [4.69, 9.17) is 15.3 Å². The van der Waals surface area contributed by atoms with Gasteiger partial charge in [0.15, 0.2) is 6.29 Å². The molecule has 5 N–H and O–H groups in total. The molecular weight excluding hydrogens is 508 g/mol. The topological polar surface area (TPSA) is 132 Å². The maximum atomic E-state index is 14.2. The SMILES string of the molecule is CC(C)C[C@](C(=O)NNC(=O)[C@@H](C)N)(c1ccccc1)[C@H](CC=Cc1ccccc1)C(=O)NOC1CCCCO1. The van der Waals surface area contributed by atoms with Crippen molar-refractivity contribution in [1.29, 1.82) is 0 Å². The summed E-state index contributed by atoms with van der Waals surface area (Å²) in [5, 5.41) is 0. The van der Waals surface area contributed by atoms with E-state index in [1.165, 1.54) is 6.92 Å². The van der Waals surface area contributed by atoms with E-state index >= 15 is 0 Å². The van der Waals surface area contributed by atoms with Crippen molar-refractivity contribution in [2.45, 2.75) is 70.6 Å². The molecule has 2 aromatic carbocycles. The van der Waals surface area contributed by atoms with Crippen LogP contribution in [0.1, 0.15) is 64.0 Å². The fourth-order valence-corrected chi connectivity index (χ4v) is 5.00. The summed E-state index contributed by atoms with van der Waals surface area (Å²) in [5.41, 5.74) is 13.6. The van der Waals surface area contributed by atoms with Crippen LogP contribution in [0.3, 0.4) is 0 Å². The Balaban J connectivity index is 2.04. The minimum Gasteiger partial charge on any atom is -0.350 e. The molecule has 0 aromatic heterocycles. The van der Waals surface area contributed by atoms with Gasteiger partial charge < -0.3 is 10.5 Å². The molecule has 1 heterocycles. The lowest BCUT2D eigenvalue weighted by molar-refractivity contribution is -0.203. The predicted octanol–water partition coefficient (Wildman–Crippen LogP) is 3.76. The largest absolute Gasteiger partial charge is 0.350 e. The summed E-state index contributed by atoms with van der Waals surface area (Å²) in [5.74, 6) is -2.38. The third-order valence-electron chi connectivity index (χ3n) is 6.96. The van der Waals surface area contributed by atoms with Gasteiger partial charge >= 0.3 is 0 Å². The summed E-state index contributed by atoms with van der Waals surface area (Å²) >= 11 is 0. The van der Waals surface area contributed by atoms with Crippen molar-refractivity contribution in [1.82, 2.24) is 16.3 Å². The second-order valence-electron chi connectivity index (χ2n) is 10.6. The van der Waals surface area contributed by atoms with Crippen molar-refractivity contribution in [3.63, 3.8) is 0 Å². The Bertz CT molecular complexity index is 1120. The van der Waals surface area contributed by atoms with Gasteiger partial charge in [-0.15, -0.1) is 0 Å². The number of benzene rings is 2. The van der Waals surface area contributed by atoms with E-state index in [9.17, 15) is 14.4 Å². The lowest BCUT2D eigenvalue weighted by Gasteiger charge is -2.40. The van der Waals surface area contributed by atoms with Gasteiger partial charge in [-0.3, -0.25) is 25.2 Å². The fourth-order valence-electron chi connectivity index (χ4n) is 5.00. The molecule has 1 fully saturated rings. The van der Waals surface area contributed by atoms with E-state index in [1.54, 1.807) is 0 Å². The van der Waals surface area contributed by atoms with Crippen molar-refractivity contribution in [2.75, 3.05) is 6.61 Å². The number of nitrogens with one attached hydrogen (secondary N) is 3. The highest BCUT2D eigenvalue weighted by Crippen LogP contribution is 2.41. The summed E-state index contributed by atoms with van der Waals surface area (Å²) < 4.78 is 5.63. The molecule has 9 nitrogen and oxygen atoms in total. The molecule has 0 aliphatic carbocycles. The summed E-state index contributed by atoms with van der Waals surface area (Å²) in [6.45, 7) is 6.07. The molecule has 4 atom stereocenters. The molecule has 0 spiro atoms. The molecule has 3 rings (SSSR count). The van der Waals surface area contributed by atoms with Gasteiger partial charge in [0.2, 0.25) is 11.8 Å². The van der Waals surface area contributed by atoms with E-state index in [-0.39, 0.29) is 12.3 Å². The van der Waals surface area contributed by atoms with Crippen molar-refractivity contribution in [2.24, 2.45) is 17.6 Å². The molecule has 216 valence electrons. The van der Waals surface area contributed by atoms with Crippen LogP contribution < -0.4 is 22.1 Å². The Hall–Kier alpha value is -3.53. The van der Waals surface area contributed by atoms with Crippen LogP contribution in [0.5, 0.6) is 0 Å². The highest BCUT2D eigenvalue weighted by Gasteiger charge is 2.50. The first-order valence-corrected chi connectivity index (χ1v) is 13.9. The van der Waals surface area contributed by atoms with Crippen LogP contribution in [-0.4, -0.2) is 36.7 Å². The number of hydroxylamine groups is 1. The maximum Gasteiger partial charge on any atom is 0.254 e. The number of rotatable bonds is 12. The van der Waals surface area contributed by atoms with Gasteiger partial charge in [0.1, 0.15) is 0 Å². The molecule has 3 amide bonds. The number of ether oxygens (including phenoxy) is 1. The number of allylic oxidation sites excluding steroid dienone is 1. The smallest absolute Gasteiger partial charge is 0.254 e. The van der Waals surface area contributed by atoms with Crippen LogP contribution in [0.15, 0.2) is 66.7 Å². The zero-order valence-electron chi connectivity index (χ0n) is 23.6. The van der Waals surface area contributed by atoms with Gasteiger partial charge in [-0.1, -0.05) is 86.7 Å². The fraction of sp³-hybridized carbons (Fsp3) is 0.452. The summed E-state index contributed by atoms with van der Waals surface area (Å²) in [7, 11) is 0. The summed E-state index contributed by atoms with van der Waals surface area (Å²) in [6, 6.07) is 18.1. The maximum absolute atomic E-state index is 14.2. The number of hydrogen-bond donors (Lipinski definition) is 4. The van der Waals surface area contributed by atoms with Crippen LogP contribution in [0.4, 0.5) is 0 Å². The number of hydrazine groups is 1. The minimum absolute atomic E-state index is 0.0195. The van der Waals surface area contributed by atoms with Crippen molar-refractivity contribution < 1.29 is 24.0 Å². The highest BCUT2D eigenvalue weighted by molar-refractivity contribution is 5.96. The highest BCUT2D eigenvalue weighted by atomic mass is 16.8. The van der Waals surface area contributed by atoms with Crippen LogP contribution in [0.25, 0.3) is 6.08 Å². The van der Waals surface area contributed by atoms with Gasteiger partial charge in [-0.05, 0) is 49.7 Å². The predicted molar refractivity (Wildman–Crippen MR) is 154 cm³/mol. The van der Waals surface area contributed by atoms with Gasteiger partial charge in [0.25, 0.3) is 5.91 Å². The molecule has 0 bridgehead atoms. The number of nitrogens with two attached hydrogens (primary N) is 1. The third kappa shape index (κ3) is 8.48. The van der Waals surface area contributed by atoms with E-state index in [2.05, 4.69) is 16.3 Å². The van der Waals surface area contributed by atoms with Crippen molar-refractivity contribution in [3.05, 3.63) is 77.9 Å². The van der Waals surface area contributed by atoms with Gasteiger partial charge in [-0.25, -0.2) is 10.3 Å². The van der Waals surface area contributed by atoms with Crippen LogP contribution in [0.2, 0.25) is 0 Å². The Morgan fingerprint density at radius 2 is 1.68 bits per heavy atom. The minimum atomic E-state index is -1.36. The van der Waals surface area contributed by atoms with E-state index in [0.717, 1.165) is 18.4 Å². The van der Waals surface area contributed by atoms with Crippen LogP contribution in [0, 0.1) is 11.8 Å². The average molecular weight is 551 g/mol. The first-order chi connectivity index (χ1) is 19.2. The Labute approximate surface area is 236 Å². The van der Waals surface area contributed by atoms with Gasteiger partial charge in [-0.2, -0.15) is 0 Å². The summed E-state index contributed by atoms with van der Waals surface area (Å²) in [4.78, 5) is 46.1. The molecule has 2 aromatic rings. The Morgan fingerprint density at radius 1 is 1.00 bits per heavy atom. The van der Waals surface area contributed by atoms with Gasteiger partial charge in [0.05, 0.1) is 17.4 Å². The monoisotopic (exact) mass is 550 g/mol. The molecule has 1 aliphatic heterocycles. The zero-order valence-corrected chi connectivity index (χ0v) is 23.6. The Morgan fingerprint density at radius 3 is 2.27 bits per heavy atom. The molecule has 1 unspecified atom stereocenters. The van der Waals surface area contributed by atoms with Crippen molar-refractivity contribution in [3.8, 4) is 0 Å². The quantitative estimate of drug-likeness (QED) is 0.298. The second kappa shape index (κ2) is 15.3. The molecule has 1 aliphatic rings. The average Bonchev–Trinajstić information content (AvgIpc) is 2.97. The first kappa shape index (κ1) is 31.0. The molecule has 0 radical (unpaired) electrons. The van der Waals surface area contributed by atoms with E-state index in [1.807, 2.05) is 86.7 Å². The molecular formula is C31H42N4O5. The second-order valence-corrected chi connectivity index (χ2v) is 10.6. The number of amides is 3. The normalized spacial score (nSPS) is 18.5. The summed E-state index contributed by atoms with van der Waals surface area (Å²) in [6.07, 6.45) is 6.37. The molecule has 40 heavy (non-hydrogen) atoms. The molecule has 9 heteroatoms. The number of hydrogen-bond acceptors (Lipinski definition) is 6. The van der Waals surface area contributed by atoms with E-state index < -0.39 is 41.4 Å². The molecule has 0 saturated carbocycles. The van der Waals surface area contributed by atoms with Crippen molar-refractivity contribution >= 4 is 23.8 Å². The lowest BCUT2D eigenvalue weighted by Crippen LogP contribution is -2.59. The molecule has 1 saturated heterocycles. The Kier molecular flexibility index (Phi) is 11.9. The first-order valence-electron chi connectivity index (χ1n) is 13.9. The lowest BCUT2D eigenvalue weighted by atomic mass is 9.63. The zero-order chi connectivity index (χ0) is 29.0. The standard InChI is InChI=1S/C31H42N4O5/c1-22(2)21-31(25-16-8-5-9-17-25,30(38)34-33-28(36)23(3)32)26(18-12-15-24-13-6-4-7-14-24)29(37)35-40-27-19-10-11-20-39-27/h4-9,12-17,22-23,26-27H,10-11,18-21,32H2,1-3H3,(H,33,36)(H,34,38)(H,35,37)/t23-,26-,27?,31+/m1/s1. The van der Waals surface area contributed by atoms with Gasteiger partial charge in [0, 0.05) is 13.0 Å². The number of carbonyl (C=O) groups excluding carboxylic acids is 3. The number of carbonyl (C=O) groups is 3.